The van der Waals surface area contributed by atoms with Crippen molar-refractivity contribution in [2.24, 2.45) is 11.8 Å². The average molecular weight is 550 g/mol. The Hall–Kier alpha value is -0.560. The first-order valence-electron chi connectivity index (χ1n) is 13.2. The molecule has 5 nitrogen and oxygen atoms in total. The summed E-state index contributed by atoms with van der Waals surface area (Å²) in [4.78, 5) is 17.5. The topological polar surface area (TPSA) is 47.6 Å². The van der Waals surface area contributed by atoms with Gasteiger partial charge in [0.1, 0.15) is 0 Å². The third-order valence-electron chi connectivity index (χ3n) is 7.72. The Kier molecular flexibility index (Phi) is 16.5. The zero-order valence-electron chi connectivity index (χ0n) is 21.2. The SMILES string of the molecule is Cl.Cl.Cl.O=C(CCC[C@H]1NCC2CC1CN(Cc1ccccc1)C2)NCCCN1CCCCCC1. The summed E-state index contributed by atoms with van der Waals surface area (Å²) < 4.78 is 0. The fraction of sp³-hybridized carbons (Fsp3) is 0.741. The van der Waals surface area contributed by atoms with Gasteiger partial charge in [0.15, 0.2) is 0 Å². The number of rotatable bonds is 10. The number of fused-ring (bicyclic) bond motifs is 2. The fourth-order valence-electron chi connectivity index (χ4n) is 6.04. The molecule has 3 atom stereocenters. The first kappa shape index (κ1) is 32.5. The van der Waals surface area contributed by atoms with Crippen LogP contribution in [-0.2, 0) is 11.3 Å². The molecule has 1 aromatic carbocycles. The average Bonchev–Trinajstić information content (AvgIpc) is 3.08. The Morgan fingerprint density at radius 3 is 2.43 bits per heavy atom. The van der Waals surface area contributed by atoms with Crippen molar-refractivity contribution in [3.8, 4) is 0 Å². The van der Waals surface area contributed by atoms with Crippen LogP contribution in [-0.4, -0.2) is 67.6 Å². The summed E-state index contributed by atoms with van der Waals surface area (Å²) >= 11 is 0. The van der Waals surface area contributed by atoms with Crippen molar-refractivity contribution in [2.75, 3.05) is 45.8 Å². The highest BCUT2D eigenvalue weighted by Gasteiger charge is 2.36. The van der Waals surface area contributed by atoms with Crippen LogP contribution in [0.4, 0.5) is 0 Å². The number of piperidine rings is 2. The standard InChI is InChI=1S/C27H44N4O.3ClH/c32-27(28-14-9-17-30-15-6-1-2-7-16-30)13-8-12-26-25-18-24(19-29-26)21-31(22-25)20-23-10-4-3-5-11-23;;;/h3-5,10-11,24-26,29H,1-2,6-9,12-22H2,(H,28,32);3*1H/t24?,25?,26-;;;/m1.../s1. The Balaban J connectivity index is 0.00000204. The predicted molar refractivity (Wildman–Crippen MR) is 153 cm³/mol. The van der Waals surface area contributed by atoms with Crippen molar-refractivity contribution >= 4 is 43.1 Å². The monoisotopic (exact) mass is 548 g/mol. The Bertz CT molecular complexity index is 688. The number of hydrogen-bond donors (Lipinski definition) is 2. The number of amides is 1. The highest BCUT2D eigenvalue weighted by atomic mass is 35.5. The van der Waals surface area contributed by atoms with E-state index in [4.69, 9.17) is 0 Å². The van der Waals surface area contributed by atoms with Crippen molar-refractivity contribution in [1.82, 2.24) is 20.4 Å². The largest absolute Gasteiger partial charge is 0.356 e. The van der Waals surface area contributed by atoms with Gasteiger partial charge in [0.05, 0.1) is 0 Å². The van der Waals surface area contributed by atoms with E-state index >= 15 is 0 Å². The molecule has 1 aromatic rings. The van der Waals surface area contributed by atoms with Gasteiger partial charge in [-0.15, -0.1) is 37.2 Å². The highest BCUT2D eigenvalue weighted by Crippen LogP contribution is 2.31. The summed E-state index contributed by atoms with van der Waals surface area (Å²) in [6, 6.07) is 11.4. The second kappa shape index (κ2) is 17.8. The van der Waals surface area contributed by atoms with Crippen LogP contribution in [0.2, 0.25) is 0 Å². The molecule has 3 saturated heterocycles. The van der Waals surface area contributed by atoms with Gasteiger partial charge in [-0.05, 0) is 82.1 Å². The normalized spacial score (nSPS) is 24.7. The molecule has 2 bridgehead atoms. The van der Waals surface area contributed by atoms with Gasteiger partial charge in [-0.1, -0.05) is 43.2 Å². The van der Waals surface area contributed by atoms with E-state index in [0.29, 0.717) is 12.5 Å². The maximum Gasteiger partial charge on any atom is 0.219 e. The van der Waals surface area contributed by atoms with Crippen LogP contribution < -0.4 is 10.6 Å². The number of benzene rings is 1. The maximum absolute atomic E-state index is 12.3. The van der Waals surface area contributed by atoms with E-state index in [1.54, 1.807) is 0 Å². The summed E-state index contributed by atoms with van der Waals surface area (Å²) in [5.74, 6) is 1.74. The van der Waals surface area contributed by atoms with E-state index in [9.17, 15) is 4.79 Å². The van der Waals surface area contributed by atoms with E-state index in [2.05, 4.69) is 50.8 Å². The van der Waals surface area contributed by atoms with Gasteiger partial charge >= 0.3 is 0 Å². The predicted octanol–water partition coefficient (Wildman–Crippen LogP) is 4.91. The molecule has 0 aromatic heterocycles. The van der Waals surface area contributed by atoms with Gasteiger partial charge in [0.2, 0.25) is 5.91 Å². The fourth-order valence-corrected chi connectivity index (χ4v) is 6.04. The first-order valence-corrected chi connectivity index (χ1v) is 13.2. The third kappa shape index (κ3) is 11.2. The molecule has 202 valence electrons. The van der Waals surface area contributed by atoms with Gasteiger partial charge in [0, 0.05) is 38.6 Å². The molecule has 0 spiro atoms. The molecular weight excluding hydrogens is 503 g/mol. The van der Waals surface area contributed by atoms with Crippen LogP contribution in [0.25, 0.3) is 0 Å². The highest BCUT2D eigenvalue weighted by molar-refractivity contribution is 5.86. The second-order valence-electron chi connectivity index (χ2n) is 10.4. The number of carbonyl (C=O) groups excluding carboxylic acids is 1. The maximum atomic E-state index is 12.3. The van der Waals surface area contributed by atoms with E-state index in [0.717, 1.165) is 57.3 Å². The van der Waals surface area contributed by atoms with Crippen LogP contribution in [0.5, 0.6) is 0 Å². The van der Waals surface area contributed by atoms with E-state index < -0.39 is 0 Å². The van der Waals surface area contributed by atoms with Gasteiger partial charge in [0.25, 0.3) is 0 Å². The van der Waals surface area contributed by atoms with Crippen LogP contribution in [0.15, 0.2) is 30.3 Å². The number of carbonyl (C=O) groups is 1. The lowest BCUT2D eigenvalue weighted by Crippen LogP contribution is -2.55. The van der Waals surface area contributed by atoms with E-state index in [-0.39, 0.29) is 43.1 Å². The van der Waals surface area contributed by atoms with Crippen LogP contribution >= 0.6 is 37.2 Å². The molecule has 3 aliphatic heterocycles. The Labute approximate surface area is 231 Å². The minimum Gasteiger partial charge on any atom is -0.356 e. The lowest BCUT2D eigenvalue weighted by Gasteiger charge is -2.46. The van der Waals surface area contributed by atoms with Crippen LogP contribution in [0.1, 0.15) is 63.4 Å². The van der Waals surface area contributed by atoms with Crippen molar-refractivity contribution in [2.45, 2.75) is 70.4 Å². The number of nitrogens with zero attached hydrogens (tertiary/aromatic N) is 2. The smallest absolute Gasteiger partial charge is 0.219 e. The van der Waals surface area contributed by atoms with Crippen molar-refractivity contribution < 1.29 is 4.79 Å². The molecule has 2 N–H and O–H groups in total. The molecule has 3 heterocycles. The lowest BCUT2D eigenvalue weighted by molar-refractivity contribution is -0.121. The van der Waals surface area contributed by atoms with Gasteiger partial charge in [-0.25, -0.2) is 0 Å². The summed E-state index contributed by atoms with van der Waals surface area (Å²) in [5, 5.41) is 6.97. The van der Waals surface area contributed by atoms with Crippen LogP contribution in [0, 0.1) is 11.8 Å². The molecule has 3 fully saturated rings. The number of hydrogen-bond acceptors (Lipinski definition) is 4. The van der Waals surface area contributed by atoms with Crippen molar-refractivity contribution in [3.63, 3.8) is 0 Å². The minimum atomic E-state index is 0. The van der Waals surface area contributed by atoms with Crippen LogP contribution in [0.3, 0.4) is 0 Å². The zero-order chi connectivity index (χ0) is 22.0. The molecule has 1 amide bonds. The quantitative estimate of drug-likeness (QED) is 0.407. The number of likely N-dealkylation sites (tertiary alicyclic amines) is 2. The Morgan fingerprint density at radius 1 is 0.943 bits per heavy atom. The third-order valence-corrected chi connectivity index (χ3v) is 7.72. The summed E-state index contributed by atoms with van der Waals surface area (Å²) in [6.45, 7) is 9.05. The number of nitrogens with one attached hydrogen (secondary N) is 2. The zero-order valence-corrected chi connectivity index (χ0v) is 23.6. The molecule has 3 aliphatic rings. The molecule has 0 aliphatic carbocycles. The molecular formula is C27H47Cl3N4O. The summed E-state index contributed by atoms with van der Waals surface area (Å²) in [7, 11) is 0. The molecule has 0 saturated carbocycles. The molecule has 35 heavy (non-hydrogen) atoms. The van der Waals surface area contributed by atoms with Gasteiger partial charge in [-0.3, -0.25) is 9.69 Å². The first-order chi connectivity index (χ1) is 15.8. The van der Waals surface area contributed by atoms with Gasteiger partial charge in [-0.2, -0.15) is 0 Å². The Morgan fingerprint density at radius 2 is 1.69 bits per heavy atom. The minimum absolute atomic E-state index is 0. The molecule has 2 unspecified atom stereocenters. The number of halogens is 3. The van der Waals surface area contributed by atoms with E-state index in [1.807, 2.05) is 0 Å². The summed E-state index contributed by atoms with van der Waals surface area (Å²) in [5.41, 5.74) is 1.42. The molecule has 0 radical (unpaired) electrons. The summed E-state index contributed by atoms with van der Waals surface area (Å²) in [6.07, 6.45) is 10.7. The van der Waals surface area contributed by atoms with Gasteiger partial charge < -0.3 is 15.5 Å². The second-order valence-corrected chi connectivity index (χ2v) is 10.4. The molecule has 4 rings (SSSR count). The lowest BCUT2D eigenvalue weighted by atomic mass is 9.79. The van der Waals surface area contributed by atoms with Crippen molar-refractivity contribution in [1.29, 1.82) is 0 Å². The van der Waals surface area contributed by atoms with E-state index in [1.165, 1.54) is 63.8 Å². The van der Waals surface area contributed by atoms with Crippen molar-refractivity contribution in [3.05, 3.63) is 35.9 Å². The molecule has 8 heteroatoms.